The number of ether oxygens (including phenoxy) is 1. The van der Waals surface area contributed by atoms with Gasteiger partial charge in [-0.05, 0) is 18.2 Å². The molecule has 1 aliphatic rings. The molecule has 0 bridgehead atoms. The van der Waals surface area contributed by atoms with Gasteiger partial charge in [0.1, 0.15) is 5.82 Å². The zero-order chi connectivity index (χ0) is 19.2. The summed E-state index contributed by atoms with van der Waals surface area (Å²) in [4.78, 5) is 36.6. The van der Waals surface area contributed by atoms with Gasteiger partial charge in [-0.15, -0.1) is 11.8 Å². The van der Waals surface area contributed by atoms with Gasteiger partial charge in [-0.3, -0.25) is 14.4 Å². The third-order valence-electron chi connectivity index (χ3n) is 3.86. The summed E-state index contributed by atoms with van der Waals surface area (Å²) in [6.45, 7) is -0.483. The van der Waals surface area contributed by atoms with Gasteiger partial charge in [-0.1, -0.05) is 30.3 Å². The second-order valence-electron chi connectivity index (χ2n) is 5.82. The van der Waals surface area contributed by atoms with E-state index < -0.39 is 29.6 Å². The van der Waals surface area contributed by atoms with Crippen molar-refractivity contribution < 1.29 is 23.5 Å². The van der Waals surface area contributed by atoms with Gasteiger partial charge >= 0.3 is 5.97 Å². The molecule has 8 heteroatoms. The van der Waals surface area contributed by atoms with Crippen LogP contribution in [0.2, 0.25) is 0 Å². The van der Waals surface area contributed by atoms with Crippen molar-refractivity contribution in [2.24, 2.45) is 0 Å². The lowest BCUT2D eigenvalue weighted by Crippen LogP contribution is -2.33. The Kier molecular flexibility index (Phi) is 6.08. The Morgan fingerprint density at radius 3 is 2.70 bits per heavy atom. The summed E-state index contributed by atoms with van der Waals surface area (Å²) in [7, 11) is 0. The molecule has 2 aromatic rings. The number of carbonyl (C=O) groups excluding carboxylic acids is 3. The topological polar surface area (TPSA) is 84.5 Å². The number of fused-ring (bicyclic) bond motifs is 1. The first-order valence-corrected chi connectivity index (χ1v) is 9.13. The number of rotatable bonds is 6. The zero-order valence-corrected chi connectivity index (χ0v) is 15.1. The van der Waals surface area contributed by atoms with Crippen LogP contribution in [0.1, 0.15) is 12.0 Å². The van der Waals surface area contributed by atoms with Crippen molar-refractivity contribution in [3.63, 3.8) is 0 Å². The normalized spacial score (nSPS) is 15.4. The summed E-state index contributed by atoms with van der Waals surface area (Å²) in [5.74, 6) is -1.89. The molecule has 0 radical (unpaired) electrons. The van der Waals surface area contributed by atoms with Gasteiger partial charge in [0, 0.05) is 17.0 Å². The minimum Gasteiger partial charge on any atom is -0.456 e. The molecule has 27 heavy (non-hydrogen) atoms. The number of nitrogens with one attached hydrogen (secondary N) is 2. The molecule has 0 unspecified atom stereocenters. The highest BCUT2D eigenvalue weighted by atomic mass is 32.2. The van der Waals surface area contributed by atoms with Gasteiger partial charge in [-0.25, -0.2) is 4.39 Å². The molecule has 1 atom stereocenters. The highest BCUT2D eigenvalue weighted by molar-refractivity contribution is 8.01. The highest BCUT2D eigenvalue weighted by Crippen LogP contribution is 2.36. The minimum atomic E-state index is -0.650. The van der Waals surface area contributed by atoms with E-state index in [0.717, 1.165) is 4.90 Å². The number of benzene rings is 2. The third-order valence-corrected chi connectivity index (χ3v) is 5.13. The van der Waals surface area contributed by atoms with Gasteiger partial charge in [-0.2, -0.15) is 0 Å². The molecule has 1 heterocycles. The van der Waals surface area contributed by atoms with E-state index in [1.165, 1.54) is 17.8 Å². The smallest absolute Gasteiger partial charge is 0.307 e. The average molecular weight is 388 g/mol. The Hall–Kier alpha value is -2.87. The molecule has 0 aromatic heterocycles. The van der Waals surface area contributed by atoms with Crippen LogP contribution in [-0.2, 0) is 25.7 Å². The lowest BCUT2D eigenvalue weighted by Gasteiger charge is -2.23. The molecule has 0 aliphatic carbocycles. The van der Waals surface area contributed by atoms with E-state index in [2.05, 4.69) is 10.6 Å². The van der Waals surface area contributed by atoms with E-state index in [4.69, 9.17) is 4.74 Å². The van der Waals surface area contributed by atoms with Crippen LogP contribution in [0.3, 0.4) is 0 Å². The first kappa shape index (κ1) is 18.9. The Balaban J connectivity index is 1.44. The van der Waals surface area contributed by atoms with Crippen LogP contribution in [0, 0.1) is 5.82 Å². The van der Waals surface area contributed by atoms with Gasteiger partial charge in [0.2, 0.25) is 5.91 Å². The number of halogens is 1. The van der Waals surface area contributed by atoms with Crippen molar-refractivity contribution in [2.45, 2.75) is 23.1 Å². The molecule has 2 N–H and O–H groups in total. The van der Waals surface area contributed by atoms with Crippen LogP contribution in [-0.4, -0.2) is 29.6 Å². The number of hydrogen-bond acceptors (Lipinski definition) is 5. The standard InChI is InChI=1S/C19H17FN2O4S/c20-13-6-2-1-5-12(13)10-21-17(23)11-26-18(24)9-16-19(25)22-14-7-3-4-8-15(14)27-16/h1-8,16H,9-11H2,(H,21,23)(H,22,25)/t16-/m0/s1. The summed E-state index contributed by atoms with van der Waals surface area (Å²) < 4.78 is 18.4. The van der Waals surface area contributed by atoms with Crippen molar-refractivity contribution in [2.75, 3.05) is 11.9 Å². The number of para-hydroxylation sites is 1. The van der Waals surface area contributed by atoms with Gasteiger partial charge < -0.3 is 15.4 Å². The van der Waals surface area contributed by atoms with E-state index in [1.807, 2.05) is 18.2 Å². The van der Waals surface area contributed by atoms with Crippen molar-refractivity contribution >= 4 is 35.2 Å². The first-order valence-electron chi connectivity index (χ1n) is 8.25. The maximum Gasteiger partial charge on any atom is 0.307 e. The summed E-state index contributed by atoms with van der Waals surface area (Å²) in [6.07, 6.45) is -0.147. The summed E-state index contributed by atoms with van der Waals surface area (Å²) in [5.41, 5.74) is 1.05. The fraction of sp³-hybridized carbons (Fsp3) is 0.211. The van der Waals surface area contributed by atoms with E-state index in [-0.39, 0.29) is 18.9 Å². The van der Waals surface area contributed by atoms with Crippen LogP contribution < -0.4 is 10.6 Å². The van der Waals surface area contributed by atoms with E-state index in [0.29, 0.717) is 11.3 Å². The molecule has 6 nitrogen and oxygen atoms in total. The maximum absolute atomic E-state index is 13.5. The zero-order valence-electron chi connectivity index (χ0n) is 14.2. The van der Waals surface area contributed by atoms with Gasteiger partial charge in [0.25, 0.3) is 5.91 Å². The molecule has 0 spiro atoms. The largest absolute Gasteiger partial charge is 0.456 e. The molecule has 1 aliphatic heterocycles. The van der Waals surface area contributed by atoms with E-state index in [9.17, 15) is 18.8 Å². The summed E-state index contributed by atoms with van der Waals surface area (Å²) in [6, 6.07) is 13.4. The number of amides is 2. The van der Waals surface area contributed by atoms with Crippen molar-refractivity contribution in [3.8, 4) is 0 Å². The molecule has 140 valence electrons. The third kappa shape index (κ3) is 5.07. The van der Waals surface area contributed by atoms with Crippen LogP contribution in [0.25, 0.3) is 0 Å². The quantitative estimate of drug-likeness (QED) is 0.743. The number of esters is 1. The average Bonchev–Trinajstić information content (AvgIpc) is 2.66. The molecule has 2 amide bonds. The van der Waals surface area contributed by atoms with E-state index >= 15 is 0 Å². The first-order chi connectivity index (χ1) is 13.0. The number of anilines is 1. The second-order valence-corrected chi connectivity index (χ2v) is 7.07. The Bertz CT molecular complexity index is 874. The van der Waals surface area contributed by atoms with E-state index in [1.54, 1.807) is 24.3 Å². The monoisotopic (exact) mass is 388 g/mol. The molecule has 0 saturated carbocycles. The van der Waals surface area contributed by atoms with Gasteiger partial charge in [0.05, 0.1) is 17.4 Å². The molecule has 0 fully saturated rings. The molecule has 2 aromatic carbocycles. The van der Waals surface area contributed by atoms with Crippen molar-refractivity contribution in [3.05, 3.63) is 59.9 Å². The SMILES string of the molecule is O=C(COC(=O)C[C@@H]1Sc2ccccc2NC1=O)NCc1ccccc1F. The minimum absolute atomic E-state index is 0.000718. The van der Waals surface area contributed by atoms with Crippen molar-refractivity contribution in [1.29, 1.82) is 0 Å². The molecule has 0 saturated heterocycles. The van der Waals surface area contributed by atoms with Gasteiger partial charge in [0.15, 0.2) is 6.61 Å². The number of hydrogen-bond donors (Lipinski definition) is 2. The number of carbonyl (C=O) groups is 3. The predicted molar refractivity (Wildman–Crippen MR) is 98.5 cm³/mol. The predicted octanol–water partition coefficient (Wildman–Crippen LogP) is 2.49. The van der Waals surface area contributed by atoms with Crippen molar-refractivity contribution in [1.82, 2.24) is 5.32 Å². The lowest BCUT2D eigenvalue weighted by atomic mass is 10.2. The Morgan fingerprint density at radius 2 is 1.89 bits per heavy atom. The molecular weight excluding hydrogens is 371 g/mol. The fourth-order valence-corrected chi connectivity index (χ4v) is 3.57. The summed E-state index contributed by atoms with van der Waals surface area (Å²) >= 11 is 1.28. The summed E-state index contributed by atoms with van der Waals surface area (Å²) in [5, 5.41) is 4.60. The van der Waals surface area contributed by atoms with Crippen LogP contribution in [0.15, 0.2) is 53.4 Å². The molecular formula is C19H17FN2O4S. The maximum atomic E-state index is 13.5. The van der Waals surface area contributed by atoms with Crippen LogP contribution in [0.5, 0.6) is 0 Å². The fourth-order valence-electron chi connectivity index (χ4n) is 2.47. The van der Waals surface area contributed by atoms with Crippen LogP contribution >= 0.6 is 11.8 Å². The number of thioether (sulfide) groups is 1. The van der Waals surface area contributed by atoms with Crippen LogP contribution in [0.4, 0.5) is 10.1 Å². The Morgan fingerprint density at radius 1 is 1.15 bits per heavy atom. The Labute approximate surface area is 159 Å². The highest BCUT2D eigenvalue weighted by Gasteiger charge is 2.29. The lowest BCUT2D eigenvalue weighted by molar-refractivity contribution is -0.149. The second kappa shape index (κ2) is 8.68. The molecule has 3 rings (SSSR count).